The third-order valence-electron chi connectivity index (χ3n) is 2.98. The van der Waals surface area contributed by atoms with Crippen molar-refractivity contribution in [2.75, 3.05) is 0 Å². The summed E-state index contributed by atoms with van der Waals surface area (Å²) in [6.45, 7) is 0.454. The van der Waals surface area contributed by atoms with Crippen molar-refractivity contribution < 1.29 is 9.18 Å². The van der Waals surface area contributed by atoms with Gasteiger partial charge < -0.3 is 5.32 Å². The molecule has 1 amide bonds. The molecule has 0 aliphatic heterocycles. The largest absolute Gasteiger partial charge is 0.352 e. The fraction of sp³-hybridized carbons (Fsp3) is 0.188. The number of benzene rings is 2. The number of amides is 1. The van der Waals surface area contributed by atoms with Crippen LogP contribution >= 0.6 is 15.9 Å². The SMILES string of the molecule is O=C(Cc1ccccc1F)NCc1ccc(CBr)cc1. The Morgan fingerprint density at radius 2 is 1.70 bits per heavy atom. The Kier molecular flexibility index (Phi) is 5.30. The zero-order valence-electron chi connectivity index (χ0n) is 10.9. The zero-order valence-corrected chi connectivity index (χ0v) is 12.5. The fourth-order valence-electron chi connectivity index (χ4n) is 1.82. The maximum atomic E-state index is 13.4. The van der Waals surface area contributed by atoms with Gasteiger partial charge in [-0.3, -0.25) is 4.79 Å². The molecule has 2 rings (SSSR count). The fourth-order valence-corrected chi connectivity index (χ4v) is 2.20. The molecule has 4 heteroatoms. The second-order valence-corrected chi connectivity index (χ2v) is 5.06. The molecule has 20 heavy (non-hydrogen) atoms. The van der Waals surface area contributed by atoms with Crippen molar-refractivity contribution in [3.8, 4) is 0 Å². The predicted molar refractivity (Wildman–Crippen MR) is 81.0 cm³/mol. The van der Waals surface area contributed by atoms with E-state index in [0.29, 0.717) is 12.1 Å². The minimum atomic E-state index is -0.343. The van der Waals surface area contributed by atoms with Gasteiger partial charge in [0.1, 0.15) is 5.82 Å². The van der Waals surface area contributed by atoms with E-state index in [2.05, 4.69) is 21.2 Å². The van der Waals surface area contributed by atoms with Crippen LogP contribution in [0.2, 0.25) is 0 Å². The van der Waals surface area contributed by atoms with Crippen molar-refractivity contribution in [1.82, 2.24) is 5.32 Å². The van der Waals surface area contributed by atoms with Gasteiger partial charge in [-0.25, -0.2) is 4.39 Å². The molecule has 0 heterocycles. The second-order valence-electron chi connectivity index (χ2n) is 4.50. The number of alkyl halides is 1. The first-order valence-corrected chi connectivity index (χ1v) is 7.45. The van der Waals surface area contributed by atoms with Crippen molar-refractivity contribution in [1.29, 1.82) is 0 Å². The average Bonchev–Trinajstić information content (AvgIpc) is 2.48. The van der Waals surface area contributed by atoms with E-state index in [1.54, 1.807) is 18.2 Å². The summed E-state index contributed by atoms with van der Waals surface area (Å²) in [4.78, 5) is 11.8. The van der Waals surface area contributed by atoms with E-state index in [9.17, 15) is 9.18 Å². The molecule has 0 fully saturated rings. The molecule has 1 N–H and O–H groups in total. The molecule has 0 saturated heterocycles. The Morgan fingerprint density at radius 3 is 2.35 bits per heavy atom. The van der Waals surface area contributed by atoms with Crippen LogP contribution in [0.25, 0.3) is 0 Å². The highest BCUT2D eigenvalue weighted by molar-refractivity contribution is 9.08. The Bertz CT molecular complexity index is 583. The van der Waals surface area contributed by atoms with E-state index in [1.807, 2.05) is 24.3 Å². The Morgan fingerprint density at radius 1 is 1.05 bits per heavy atom. The van der Waals surface area contributed by atoms with Crippen molar-refractivity contribution in [3.05, 3.63) is 71.0 Å². The number of halogens is 2. The minimum absolute atomic E-state index is 0.0617. The molecular weight excluding hydrogens is 321 g/mol. The maximum absolute atomic E-state index is 13.4. The second kappa shape index (κ2) is 7.20. The van der Waals surface area contributed by atoms with Crippen LogP contribution in [-0.4, -0.2) is 5.91 Å². The number of carbonyl (C=O) groups is 1. The van der Waals surface area contributed by atoms with Gasteiger partial charge in [-0.15, -0.1) is 0 Å². The molecule has 0 aromatic heterocycles. The lowest BCUT2D eigenvalue weighted by atomic mass is 10.1. The summed E-state index contributed by atoms with van der Waals surface area (Å²) in [6, 6.07) is 14.3. The highest BCUT2D eigenvalue weighted by Crippen LogP contribution is 2.09. The first-order valence-electron chi connectivity index (χ1n) is 6.33. The highest BCUT2D eigenvalue weighted by atomic mass is 79.9. The third kappa shape index (κ3) is 4.17. The first-order chi connectivity index (χ1) is 9.69. The average molecular weight is 336 g/mol. The topological polar surface area (TPSA) is 29.1 Å². The van der Waals surface area contributed by atoms with Crippen molar-refractivity contribution in [2.45, 2.75) is 18.3 Å². The van der Waals surface area contributed by atoms with E-state index in [-0.39, 0.29) is 18.1 Å². The molecule has 2 aromatic carbocycles. The molecule has 0 aliphatic rings. The van der Waals surface area contributed by atoms with Crippen molar-refractivity contribution in [3.63, 3.8) is 0 Å². The lowest BCUT2D eigenvalue weighted by Gasteiger charge is -2.07. The van der Waals surface area contributed by atoms with Crippen molar-refractivity contribution in [2.24, 2.45) is 0 Å². The van der Waals surface area contributed by atoms with E-state index >= 15 is 0 Å². The van der Waals surface area contributed by atoms with Gasteiger partial charge in [0.15, 0.2) is 0 Å². The van der Waals surface area contributed by atoms with E-state index in [4.69, 9.17) is 0 Å². The monoisotopic (exact) mass is 335 g/mol. The summed E-state index contributed by atoms with van der Waals surface area (Å²) in [7, 11) is 0. The van der Waals surface area contributed by atoms with Gasteiger partial charge >= 0.3 is 0 Å². The number of hydrogen-bond acceptors (Lipinski definition) is 1. The number of carbonyl (C=O) groups excluding carboxylic acids is 1. The van der Waals surface area contributed by atoms with Crippen LogP contribution in [0, 0.1) is 5.82 Å². The normalized spacial score (nSPS) is 10.3. The number of nitrogens with one attached hydrogen (secondary N) is 1. The number of hydrogen-bond donors (Lipinski definition) is 1. The van der Waals surface area contributed by atoms with Gasteiger partial charge in [0.2, 0.25) is 5.91 Å². The summed E-state index contributed by atoms with van der Waals surface area (Å²) < 4.78 is 13.4. The Labute approximate surface area is 126 Å². The maximum Gasteiger partial charge on any atom is 0.224 e. The number of rotatable bonds is 5. The summed E-state index contributed by atoms with van der Waals surface area (Å²) in [6.07, 6.45) is 0.0617. The molecule has 0 saturated carbocycles. The van der Waals surface area contributed by atoms with Crippen LogP contribution in [0.4, 0.5) is 4.39 Å². The summed E-state index contributed by atoms with van der Waals surface area (Å²) in [5.74, 6) is -0.524. The molecule has 0 atom stereocenters. The summed E-state index contributed by atoms with van der Waals surface area (Å²) >= 11 is 3.38. The van der Waals surface area contributed by atoms with Gasteiger partial charge in [-0.1, -0.05) is 58.4 Å². The third-order valence-corrected chi connectivity index (χ3v) is 3.62. The Balaban J connectivity index is 1.87. The van der Waals surface area contributed by atoms with E-state index in [1.165, 1.54) is 11.6 Å². The first kappa shape index (κ1) is 14.7. The Hall–Kier alpha value is -1.68. The molecular formula is C16H15BrFNO. The van der Waals surface area contributed by atoms with Gasteiger partial charge in [0.05, 0.1) is 6.42 Å². The summed E-state index contributed by atoms with van der Waals surface area (Å²) in [5, 5.41) is 3.61. The van der Waals surface area contributed by atoms with Gasteiger partial charge in [-0.2, -0.15) is 0 Å². The lowest BCUT2D eigenvalue weighted by Crippen LogP contribution is -2.24. The van der Waals surface area contributed by atoms with Crippen LogP contribution in [0.5, 0.6) is 0 Å². The van der Waals surface area contributed by atoms with Gasteiger partial charge in [0, 0.05) is 11.9 Å². The molecule has 0 spiro atoms. The minimum Gasteiger partial charge on any atom is -0.352 e. The molecule has 0 bridgehead atoms. The lowest BCUT2D eigenvalue weighted by molar-refractivity contribution is -0.120. The van der Waals surface area contributed by atoms with E-state index < -0.39 is 0 Å². The predicted octanol–water partition coefficient (Wildman–Crippen LogP) is 3.58. The standard InChI is InChI=1S/C16H15BrFNO/c17-10-12-5-7-13(8-6-12)11-19-16(20)9-14-3-1-2-4-15(14)18/h1-8H,9-11H2,(H,19,20). The zero-order chi connectivity index (χ0) is 14.4. The van der Waals surface area contributed by atoms with Crippen LogP contribution in [0.1, 0.15) is 16.7 Å². The highest BCUT2D eigenvalue weighted by Gasteiger charge is 2.07. The van der Waals surface area contributed by atoms with Crippen LogP contribution in [0.15, 0.2) is 48.5 Å². The molecule has 0 aliphatic carbocycles. The molecule has 104 valence electrons. The molecule has 0 radical (unpaired) electrons. The van der Waals surface area contributed by atoms with Crippen LogP contribution < -0.4 is 5.32 Å². The van der Waals surface area contributed by atoms with Crippen molar-refractivity contribution >= 4 is 21.8 Å². The van der Waals surface area contributed by atoms with Crippen LogP contribution in [0.3, 0.4) is 0 Å². The molecule has 2 nitrogen and oxygen atoms in total. The molecule has 2 aromatic rings. The van der Waals surface area contributed by atoms with Crippen LogP contribution in [-0.2, 0) is 23.1 Å². The molecule has 0 unspecified atom stereocenters. The van der Waals surface area contributed by atoms with Gasteiger partial charge in [0.25, 0.3) is 0 Å². The smallest absolute Gasteiger partial charge is 0.224 e. The van der Waals surface area contributed by atoms with E-state index in [0.717, 1.165) is 10.9 Å². The van der Waals surface area contributed by atoms with Gasteiger partial charge in [-0.05, 0) is 22.8 Å². The summed E-state index contributed by atoms with van der Waals surface area (Å²) in [5.41, 5.74) is 2.63. The quantitative estimate of drug-likeness (QED) is 0.831.